The summed E-state index contributed by atoms with van der Waals surface area (Å²) in [5.41, 5.74) is 1.39. The average molecular weight is 433 g/mol. The molecule has 2 aromatic rings. The van der Waals surface area contributed by atoms with Crippen molar-refractivity contribution < 1.29 is 17.9 Å². The summed E-state index contributed by atoms with van der Waals surface area (Å²) < 4.78 is 31.6. The first-order chi connectivity index (χ1) is 14.1. The number of nitrogens with one attached hydrogen (secondary N) is 1. The molecule has 0 radical (unpaired) electrons. The van der Waals surface area contributed by atoms with E-state index in [4.69, 9.17) is 4.74 Å². The van der Waals surface area contributed by atoms with Crippen molar-refractivity contribution in [3.05, 3.63) is 60.2 Å². The molecule has 2 aromatic carbocycles. The zero-order valence-corrected chi connectivity index (χ0v) is 19.1. The Bertz CT molecular complexity index is 927. The Morgan fingerprint density at radius 3 is 2.27 bits per heavy atom. The first kappa shape index (κ1) is 23.7. The minimum absolute atomic E-state index is 0.0436. The monoisotopic (exact) mass is 432 g/mol. The summed E-state index contributed by atoms with van der Waals surface area (Å²) >= 11 is 0. The number of rotatable bonds is 10. The number of ether oxygens (including phenoxy) is 1. The molecule has 0 aliphatic rings. The van der Waals surface area contributed by atoms with Gasteiger partial charge in [-0.3, -0.25) is 9.10 Å². The van der Waals surface area contributed by atoms with Crippen LogP contribution < -0.4 is 14.4 Å². The van der Waals surface area contributed by atoms with E-state index in [1.807, 2.05) is 44.2 Å². The molecule has 0 heterocycles. The lowest BCUT2D eigenvalue weighted by molar-refractivity contribution is -0.120. The quantitative estimate of drug-likeness (QED) is 0.612. The number of sulfonamides is 1. The molecule has 7 heteroatoms. The summed E-state index contributed by atoms with van der Waals surface area (Å²) in [4.78, 5) is 12.9. The Morgan fingerprint density at radius 2 is 1.70 bits per heavy atom. The van der Waals surface area contributed by atoms with E-state index in [9.17, 15) is 13.2 Å². The average Bonchev–Trinajstić information content (AvgIpc) is 2.65. The van der Waals surface area contributed by atoms with Gasteiger partial charge < -0.3 is 10.1 Å². The van der Waals surface area contributed by atoms with Crippen LogP contribution in [-0.4, -0.2) is 33.2 Å². The molecule has 0 unspecified atom stereocenters. The summed E-state index contributed by atoms with van der Waals surface area (Å²) in [6.07, 6.45) is 1.81. The number of amides is 1. The van der Waals surface area contributed by atoms with Gasteiger partial charge in [0.25, 0.3) is 0 Å². The van der Waals surface area contributed by atoms with Gasteiger partial charge in [0, 0.05) is 6.07 Å². The van der Waals surface area contributed by atoms with Crippen LogP contribution in [0.5, 0.6) is 5.75 Å². The molecule has 164 valence electrons. The molecule has 1 N–H and O–H groups in total. The van der Waals surface area contributed by atoms with Crippen LogP contribution >= 0.6 is 0 Å². The molecule has 6 nitrogen and oxygen atoms in total. The number of hydrogen-bond acceptors (Lipinski definition) is 4. The van der Waals surface area contributed by atoms with Crippen molar-refractivity contribution in [2.24, 2.45) is 5.92 Å². The van der Waals surface area contributed by atoms with E-state index in [-0.39, 0.29) is 24.6 Å². The number of benzene rings is 2. The van der Waals surface area contributed by atoms with E-state index in [0.29, 0.717) is 17.4 Å². The number of carbonyl (C=O) groups excluding carboxylic acids is 1. The molecule has 1 atom stereocenters. The summed E-state index contributed by atoms with van der Waals surface area (Å²) in [7, 11) is -3.66. The highest BCUT2D eigenvalue weighted by atomic mass is 32.2. The number of nitrogens with zero attached hydrogens (tertiary/aromatic N) is 1. The molecule has 30 heavy (non-hydrogen) atoms. The first-order valence-electron chi connectivity index (χ1n) is 10.1. The predicted octanol–water partition coefficient (Wildman–Crippen LogP) is 4.14. The van der Waals surface area contributed by atoms with Crippen LogP contribution in [0.15, 0.2) is 54.6 Å². The van der Waals surface area contributed by atoms with E-state index in [0.717, 1.165) is 22.5 Å². The van der Waals surface area contributed by atoms with Gasteiger partial charge in [0.15, 0.2) is 0 Å². The Balaban J connectivity index is 2.23. The number of carbonyl (C=O) groups is 1. The molecule has 0 aliphatic heterocycles. The lowest BCUT2D eigenvalue weighted by Gasteiger charge is -2.25. The fraction of sp³-hybridized carbons (Fsp3) is 0.435. The largest absolute Gasteiger partial charge is 0.491 e. The van der Waals surface area contributed by atoms with Gasteiger partial charge >= 0.3 is 0 Å². The Labute approximate surface area is 180 Å². The van der Waals surface area contributed by atoms with Crippen LogP contribution in [-0.2, 0) is 14.8 Å². The van der Waals surface area contributed by atoms with Crippen LogP contribution in [0.25, 0.3) is 0 Å². The van der Waals surface area contributed by atoms with Gasteiger partial charge in [0.1, 0.15) is 12.3 Å². The van der Waals surface area contributed by atoms with Gasteiger partial charge in [-0.2, -0.15) is 0 Å². The summed E-state index contributed by atoms with van der Waals surface area (Å²) in [6.45, 7) is 7.67. The normalized spacial score (nSPS) is 12.6. The van der Waals surface area contributed by atoms with Crippen molar-refractivity contribution in [3.63, 3.8) is 0 Å². The highest BCUT2D eigenvalue weighted by molar-refractivity contribution is 7.92. The van der Waals surface area contributed by atoms with Crippen molar-refractivity contribution >= 4 is 21.6 Å². The second-order valence-corrected chi connectivity index (χ2v) is 10.0. The van der Waals surface area contributed by atoms with Crippen LogP contribution in [0.2, 0.25) is 0 Å². The van der Waals surface area contributed by atoms with Gasteiger partial charge in [-0.15, -0.1) is 0 Å². The third kappa shape index (κ3) is 7.37. The Kier molecular flexibility index (Phi) is 8.29. The SMILES string of the molecule is CC(C)C[C@H](NC(=O)CN(c1cccc(OC(C)C)c1)S(C)(=O)=O)c1ccccc1. The fourth-order valence-electron chi connectivity index (χ4n) is 3.19. The smallest absolute Gasteiger partial charge is 0.241 e. The zero-order valence-electron chi connectivity index (χ0n) is 18.3. The highest BCUT2D eigenvalue weighted by Crippen LogP contribution is 2.25. The molecule has 0 spiro atoms. The van der Waals surface area contributed by atoms with Gasteiger partial charge in [-0.25, -0.2) is 8.42 Å². The molecular formula is C23H32N2O4S. The lowest BCUT2D eigenvalue weighted by Crippen LogP contribution is -2.41. The number of anilines is 1. The van der Waals surface area contributed by atoms with Crippen molar-refractivity contribution in [2.75, 3.05) is 17.1 Å². The van der Waals surface area contributed by atoms with E-state index >= 15 is 0 Å². The van der Waals surface area contributed by atoms with Crippen LogP contribution in [0.3, 0.4) is 0 Å². The maximum absolute atomic E-state index is 12.9. The Morgan fingerprint density at radius 1 is 1.03 bits per heavy atom. The van der Waals surface area contributed by atoms with Crippen LogP contribution in [0.1, 0.15) is 45.7 Å². The molecule has 0 bridgehead atoms. The van der Waals surface area contributed by atoms with E-state index in [1.54, 1.807) is 24.3 Å². The molecule has 1 amide bonds. The molecule has 0 fully saturated rings. The molecule has 0 saturated carbocycles. The standard InChI is InChI=1S/C23H32N2O4S/c1-17(2)14-22(19-10-7-6-8-11-19)24-23(26)16-25(30(5,27)28)20-12-9-13-21(15-20)29-18(3)4/h6-13,15,17-18,22H,14,16H2,1-5H3,(H,24,26)/t22-/m0/s1. The minimum atomic E-state index is -3.66. The Hall–Kier alpha value is -2.54. The molecular weight excluding hydrogens is 400 g/mol. The van der Waals surface area contributed by atoms with Gasteiger partial charge in [0.2, 0.25) is 15.9 Å². The summed E-state index contributed by atoms with van der Waals surface area (Å²) in [6, 6.07) is 16.3. The second kappa shape index (κ2) is 10.5. The van der Waals surface area contributed by atoms with Crippen LogP contribution in [0.4, 0.5) is 5.69 Å². The summed E-state index contributed by atoms with van der Waals surface area (Å²) in [5.74, 6) is 0.565. The van der Waals surface area contributed by atoms with Crippen molar-refractivity contribution in [2.45, 2.75) is 46.3 Å². The molecule has 2 rings (SSSR count). The molecule has 0 aromatic heterocycles. The van der Waals surface area contributed by atoms with Crippen molar-refractivity contribution in [3.8, 4) is 5.75 Å². The predicted molar refractivity (Wildman–Crippen MR) is 121 cm³/mol. The summed E-state index contributed by atoms with van der Waals surface area (Å²) in [5, 5.41) is 3.01. The first-order valence-corrected chi connectivity index (χ1v) is 12.0. The maximum Gasteiger partial charge on any atom is 0.241 e. The van der Waals surface area contributed by atoms with Gasteiger partial charge in [-0.1, -0.05) is 50.2 Å². The fourth-order valence-corrected chi connectivity index (χ4v) is 4.04. The van der Waals surface area contributed by atoms with E-state index in [1.165, 1.54) is 0 Å². The second-order valence-electron chi connectivity index (χ2n) is 8.09. The van der Waals surface area contributed by atoms with Gasteiger partial charge in [-0.05, 0) is 43.9 Å². The van der Waals surface area contributed by atoms with Crippen molar-refractivity contribution in [1.82, 2.24) is 5.32 Å². The van der Waals surface area contributed by atoms with Crippen molar-refractivity contribution in [1.29, 1.82) is 0 Å². The highest BCUT2D eigenvalue weighted by Gasteiger charge is 2.24. The molecule has 0 saturated heterocycles. The van der Waals surface area contributed by atoms with Crippen LogP contribution in [0, 0.1) is 5.92 Å². The van der Waals surface area contributed by atoms with Gasteiger partial charge in [0.05, 0.1) is 24.1 Å². The topological polar surface area (TPSA) is 75.7 Å². The number of hydrogen-bond donors (Lipinski definition) is 1. The van der Waals surface area contributed by atoms with E-state index < -0.39 is 10.0 Å². The third-order valence-corrected chi connectivity index (χ3v) is 5.55. The third-order valence-electron chi connectivity index (χ3n) is 4.41. The lowest BCUT2D eigenvalue weighted by atomic mass is 9.97. The zero-order chi connectivity index (χ0) is 22.3. The molecule has 0 aliphatic carbocycles. The minimum Gasteiger partial charge on any atom is -0.491 e. The van der Waals surface area contributed by atoms with E-state index in [2.05, 4.69) is 19.2 Å². The maximum atomic E-state index is 12.9.